The van der Waals surface area contributed by atoms with Crippen molar-refractivity contribution in [3.63, 3.8) is 0 Å². The van der Waals surface area contributed by atoms with E-state index in [1.165, 1.54) is 0 Å². The standard InChI is InChI=1S/C19H23NO4/c1-5-24-16-9-7-6-8-15(16)19(21)20-13(2)14-10-11-17(22-3)18(12-14)23-4/h6-13H,5H2,1-4H3,(H,20,21)/t13-/m0/s1. The van der Waals surface area contributed by atoms with Crippen molar-refractivity contribution in [1.29, 1.82) is 0 Å². The molecular weight excluding hydrogens is 306 g/mol. The number of methoxy groups -OCH3 is 2. The van der Waals surface area contributed by atoms with Crippen molar-refractivity contribution in [3.8, 4) is 17.2 Å². The van der Waals surface area contributed by atoms with Crippen molar-refractivity contribution in [1.82, 2.24) is 5.32 Å². The van der Waals surface area contributed by atoms with Crippen LogP contribution in [0.3, 0.4) is 0 Å². The van der Waals surface area contributed by atoms with Gasteiger partial charge in [0.1, 0.15) is 5.75 Å². The number of hydrogen-bond acceptors (Lipinski definition) is 4. The number of carbonyl (C=O) groups excluding carboxylic acids is 1. The Hall–Kier alpha value is -2.69. The molecule has 0 aromatic heterocycles. The molecule has 0 aliphatic heterocycles. The Balaban J connectivity index is 2.17. The molecule has 0 unspecified atom stereocenters. The van der Waals surface area contributed by atoms with Gasteiger partial charge in [0, 0.05) is 0 Å². The quantitative estimate of drug-likeness (QED) is 0.843. The van der Waals surface area contributed by atoms with Gasteiger partial charge >= 0.3 is 0 Å². The van der Waals surface area contributed by atoms with Gasteiger partial charge in [0.05, 0.1) is 32.4 Å². The molecule has 2 aromatic carbocycles. The Kier molecular flexibility index (Phi) is 6.07. The van der Waals surface area contributed by atoms with Crippen molar-refractivity contribution in [2.24, 2.45) is 0 Å². The first-order chi connectivity index (χ1) is 11.6. The van der Waals surface area contributed by atoms with Gasteiger partial charge in [-0.3, -0.25) is 4.79 Å². The molecule has 24 heavy (non-hydrogen) atoms. The second-order valence-corrected chi connectivity index (χ2v) is 5.24. The minimum absolute atomic E-state index is 0.179. The van der Waals surface area contributed by atoms with Crippen LogP contribution in [0.2, 0.25) is 0 Å². The van der Waals surface area contributed by atoms with E-state index in [9.17, 15) is 4.79 Å². The van der Waals surface area contributed by atoms with Crippen molar-refractivity contribution in [2.75, 3.05) is 20.8 Å². The molecule has 0 radical (unpaired) electrons. The SMILES string of the molecule is CCOc1ccccc1C(=O)N[C@@H](C)c1ccc(OC)c(OC)c1. The maximum atomic E-state index is 12.6. The molecule has 5 heteroatoms. The summed E-state index contributed by atoms with van der Waals surface area (Å²) in [5.41, 5.74) is 1.45. The molecule has 0 aliphatic carbocycles. The van der Waals surface area contributed by atoms with Crippen molar-refractivity contribution in [2.45, 2.75) is 19.9 Å². The average Bonchev–Trinajstić information content (AvgIpc) is 2.61. The van der Waals surface area contributed by atoms with Crippen LogP contribution >= 0.6 is 0 Å². The predicted octanol–water partition coefficient (Wildman–Crippen LogP) is 3.59. The average molecular weight is 329 g/mol. The summed E-state index contributed by atoms with van der Waals surface area (Å²) in [5, 5.41) is 2.98. The zero-order chi connectivity index (χ0) is 17.5. The highest BCUT2D eigenvalue weighted by molar-refractivity contribution is 5.97. The summed E-state index contributed by atoms with van der Waals surface area (Å²) in [6, 6.07) is 12.6. The monoisotopic (exact) mass is 329 g/mol. The second-order valence-electron chi connectivity index (χ2n) is 5.24. The van der Waals surface area contributed by atoms with Crippen LogP contribution in [0.15, 0.2) is 42.5 Å². The van der Waals surface area contributed by atoms with Gasteiger partial charge in [-0.1, -0.05) is 18.2 Å². The highest BCUT2D eigenvalue weighted by Crippen LogP contribution is 2.30. The third-order valence-corrected chi connectivity index (χ3v) is 3.69. The summed E-state index contributed by atoms with van der Waals surface area (Å²) in [6.07, 6.45) is 0. The van der Waals surface area contributed by atoms with Crippen LogP contribution in [-0.4, -0.2) is 26.7 Å². The van der Waals surface area contributed by atoms with Gasteiger partial charge in [-0.2, -0.15) is 0 Å². The summed E-state index contributed by atoms with van der Waals surface area (Å²) in [4.78, 5) is 12.6. The molecule has 0 spiro atoms. The first kappa shape index (κ1) is 17.7. The Morgan fingerprint density at radius 3 is 2.42 bits per heavy atom. The van der Waals surface area contributed by atoms with Crippen molar-refractivity contribution in [3.05, 3.63) is 53.6 Å². The molecular formula is C19H23NO4. The van der Waals surface area contributed by atoms with Gasteiger partial charge in [-0.25, -0.2) is 0 Å². The molecule has 2 rings (SSSR count). The first-order valence-electron chi connectivity index (χ1n) is 7.85. The Morgan fingerprint density at radius 2 is 1.75 bits per heavy atom. The molecule has 1 N–H and O–H groups in total. The third-order valence-electron chi connectivity index (χ3n) is 3.69. The van der Waals surface area contributed by atoms with Crippen LogP contribution in [0, 0.1) is 0 Å². The van der Waals surface area contributed by atoms with Crippen LogP contribution in [0.1, 0.15) is 35.8 Å². The maximum absolute atomic E-state index is 12.6. The fourth-order valence-corrected chi connectivity index (χ4v) is 2.42. The minimum atomic E-state index is -0.188. The Morgan fingerprint density at radius 1 is 1.04 bits per heavy atom. The summed E-state index contributed by atoms with van der Waals surface area (Å²) in [6.45, 7) is 4.32. The lowest BCUT2D eigenvalue weighted by atomic mass is 10.1. The lowest BCUT2D eigenvalue weighted by Gasteiger charge is -2.17. The highest BCUT2D eigenvalue weighted by Gasteiger charge is 2.16. The normalized spacial score (nSPS) is 11.5. The lowest BCUT2D eigenvalue weighted by molar-refractivity contribution is 0.0936. The molecule has 0 bridgehead atoms. The molecule has 0 heterocycles. The van der Waals surface area contributed by atoms with E-state index in [-0.39, 0.29) is 11.9 Å². The van der Waals surface area contributed by atoms with E-state index in [1.54, 1.807) is 26.4 Å². The first-order valence-corrected chi connectivity index (χ1v) is 7.85. The van der Waals surface area contributed by atoms with Crippen LogP contribution < -0.4 is 19.5 Å². The molecule has 0 aliphatic rings. The maximum Gasteiger partial charge on any atom is 0.255 e. The van der Waals surface area contributed by atoms with E-state index in [4.69, 9.17) is 14.2 Å². The highest BCUT2D eigenvalue weighted by atomic mass is 16.5. The second kappa shape index (κ2) is 8.24. The number of carbonyl (C=O) groups is 1. The molecule has 0 fully saturated rings. The van der Waals surface area contributed by atoms with Crippen molar-refractivity contribution < 1.29 is 19.0 Å². The summed E-state index contributed by atoms with van der Waals surface area (Å²) in [5.74, 6) is 1.69. The summed E-state index contributed by atoms with van der Waals surface area (Å²) in [7, 11) is 3.18. The molecule has 0 saturated heterocycles. The third kappa shape index (κ3) is 3.98. The summed E-state index contributed by atoms with van der Waals surface area (Å²) >= 11 is 0. The lowest BCUT2D eigenvalue weighted by Crippen LogP contribution is -2.27. The van der Waals surface area contributed by atoms with E-state index in [2.05, 4.69) is 5.32 Å². The largest absolute Gasteiger partial charge is 0.493 e. The van der Waals surface area contributed by atoms with Gasteiger partial charge in [0.15, 0.2) is 11.5 Å². The van der Waals surface area contributed by atoms with Crippen LogP contribution in [0.4, 0.5) is 0 Å². The predicted molar refractivity (Wildman–Crippen MR) is 93.0 cm³/mol. The molecule has 0 saturated carbocycles. The summed E-state index contributed by atoms with van der Waals surface area (Å²) < 4.78 is 16.1. The molecule has 5 nitrogen and oxygen atoms in total. The van der Waals surface area contributed by atoms with E-state index < -0.39 is 0 Å². The van der Waals surface area contributed by atoms with E-state index >= 15 is 0 Å². The van der Waals surface area contributed by atoms with E-state index in [1.807, 2.05) is 44.2 Å². The number of nitrogens with one attached hydrogen (secondary N) is 1. The van der Waals surface area contributed by atoms with Crippen LogP contribution in [0.25, 0.3) is 0 Å². The zero-order valence-corrected chi connectivity index (χ0v) is 14.5. The number of rotatable bonds is 7. The fourth-order valence-electron chi connectivity index (χ4n) is 2.42. The van der Waals surface area contributed by atoms with Gasteiger partial charge in [0.25, 0.3) is 5.91 Å². The van der Waals surface area contributed by atoms with E-state index in [0.717, 1.165) is 5.56 Å². The Bertz CT molecular complexity index is 700. The molecule has 128 valence electrons. The molecule has 1 amide bonds. The zero-order valence-electron chi connectivity index (χ0n) is 14.5. The number of para-hydroxylation sites is 1. The number of hydrogen-bond donors (Lipinski definition) is 1. The number of ether oxygens (including phenoxy) is 3. The van der Waals surface area contributed by atoms with Crippen LogP contribution in [0.5, 0.6) is 17.2 Å². The number of benzene rings is 2. The van der Waals surface area contributed by atoms with Gasteiger partial charge in [0.2, 0.25) is 0 Å². The van der Waals surface area contributed by atoms with Gasteiger partial charge in [-0.15, -0.1) is 0 Å². The fraction of sp³-hybridized carbons (Fsp3) is 0.316. The van der Waals surface area contributed by atoms with Crippen molar-refractivity contribution >= 4 is 5.91 Å². The molecule has 2 aromatic rings. The van der Waals surface area contributed by atoms with Gasteiger partial charge < -0.3 is 19.5 Å². The Labute approximate surface area is 142 Å². The minimum Gasteiger partial charge on any atom is -0.493 e. The van der Waals surface area contributed by atoms with Gasteiger partial charge in [-0.05, 0) is 43.7 Å². The topological polar surface area (TPSA) is 56.8 Å². The van der Waals surface area contributed by atoms with E-state index in [0.29, 0.717) is 29.4 Å². The molecule has 1 atom stereocenters. The number of amides is 1. The smallest absolute Gasteiger partial charge is 0.255 e. The van der Waals surface area contributed by atoms with Crippen LogP contribution in [-0.2, 0) is 0 Å².